The van der Waals surface area contributed by atoms with Gasteiger partial charge in [-0.2, -0.15) is 0 Å². The summed E-state index contributed by atoms with van der Waals surface area (Å²) in [6.45, 7) is 9.05. The topological polar surface area (TPSA) is 89.7 Å². The normalized spacial score (nSPS) is 30.2. The molecule has 0 amide bonds. The van der Waals surface area contributed by atoms with E-state index in [1.165, 1.54) is 31.3 Å². The van der Waals surface area contributed by atoms with Gasteiger partial charge in [-0.3, -0.25) is 0 Å². The number of fused-ring (bicyclic) bond motifs is 2. The van der Waals surface area contributed by atoms with Crippen molar-refractivity contribution in [3.05, 3.63) is 60.7 Å². The lowest BCUT2D eigenvalue weighted by molar-refractivity contribution is -0.223. The quantitative estimate of drug-likeness (QED) is 0.108. The van der Waals surface area contributed by atoms with Gasteiger partial charge in [0, 0.05) is 36.4 Å². The molecule has 5 rings (SSSR count). The minimum Gasteiger partial charge on any atom is -0.490 e. The van der Waals surface area contributed by atoms with E-state index >= 15 is 0 Å². The first-order valence-electron chi connectivity index (χ1n) is 16.6. The highest BCUT2D eigenvalue weighted by molar-refractivity contribution is 8.00. The first-order chi connectivity index (χ1) is 21.6. The van der Waals surface area contributed by atoms with Gasteiger partial charge in [-0.25, -0.2) is 0 Å². The lowest BCUT2D eigenvalue weighted by atomic mass is 9.56. The molecular weight excluding hydrogens is 574 g/mol. The number of unbranched alkanes of at least 4 members (excludes halogenated alkanes) is 2. The molecule has 6 atom stereocenters. The van der Waals surface area contributed by atoms with Gasteiger partial charge in [0.1, 0.15) is 25.2 Å². The van der Waals surface area contributed by atoms with E-state index in [0.29, 0.717) is 24.9 Å². The minimum absolute atomic E-state index is 0.0259. The zero-order chi connectivity index (χ0) is 30.9. The highest BCUT2D eigenvalue weighted by atomic mass is 32.2. The number of hydrogen-bond donors (Lipinski definition) is 2. The van der Waals surface area contributed by atoms with E-state index in [4.69, 9.17) is 19.0 Å². The number of aliphatic hydroxyl groups is 2. The van der Waals surface area contributed by atoms with Crippen LogP contribution in [0.5, 0.6) is 11.5 Å². The van der Waals surface area contributed by atoms with Gasteiger partial charge >= 0.3 is 0 Å². The molecule has 0 radical (unpaired) electrons. The molecule has 0 aromatic heterocycles. The lowest BCUT2D eigenvalue weighted by Crippen LogP contribution is -2.64. The Hall–Kier alpha value is -2.26. The molecule has 2 saturated carbocycles. The van der Waals surface area contributed by atoms with E-state index in [2.05, 4.69) is 36.5 Å². The maximum atomic E-state index is 9.73. The molecule has 0 spiro atoms. The molecule has 0 unspecified atom stereocenters. The molecule has 8 heteroatoms. The molecule has 1 aromatic rings. The number of thioether (sulfide) groups is 1. The zero-order valence-electron chi connectivity index (χ0n) is 26.3. The third-order valence-electron chi connectivity index (χ3n) is 9.85. The van der Waals surface area contributed by atoms with Gasteiger partial charge < -0.3 is 29.3 Å². The van der Waals surface area contributed by atoms with Gasteiger partial charge in [0.15, 0.2) is 0 Å². The van der Waals surface area contributed by atoms with Gasteiger partial charge in [-0.1, -0.05) is 55.6 Å². The summed E-state index contributed by atoms with van der Waals surface area (Å²) in [5.74, 6) is 1.31. The van der Waals surface area contributed by atoms with E-state index in [0.717, 1.165) is 61.3 Å². The van der Waals surface area contributed by atoms with Crippen LogP contribution < -0.4 is 9.47 Å². The predicted octanol–water partition coefficient (Wildman–Crippen LogP) is 7.19. The number of benzene rings is 1. The van der Waals surface area contributed by atoms with Crippen LogP contribution in [0.15, 0.2) is 60.3 Å². The van der Waals surface area contributed by atoms with Crippen LogP contribution in [0, 0.1) is 17.8 Å². The van der Waals surface area contributed by atoms with Crippen LogP contribution in [0.3, 0.4) is 0 Å². The van der Waals surface area contributed by atoms with Crippen LogP contribution >= 0.6 is 11.8 Å². The number of hydrogen-bond acceptors (Lipinski definition) is 8. The predicted molar refractivity (Wildman–Crippen MR) is 178 cm³/mol. The Morgan fingerprint density at radius 1 is 1.05 bits per heavy atom. The number of rotatable bonds is 17. The second-order valence-corrected chi connectivity index (χ2v) is 14.1. The van der Waals surface area contributed by atoms with Gasteiger partial charge in [-0.05, 0) is 74.1 Å². The molecule has 1 heterocycles. The van der Waals surface area contributed by atoms with Crippen molar-refractivity contribution in [2.45, 2.75) is 92.8 Å². The fourth-order valence-corrected chi connectivity index (χ4v) is 9.83. The molecule has 44 heavy (non-hydrogen) atoms. The molecule has 4 aliphatic rings. The standard InChI is InChI=1S/C36H51NO6S/c1-4-20-41-26-16-17-32-30(23-26)34-28(15-9-11-19-39)25(12-8-10-18-38)22-29-31(37-40-3)24-33(44-27-13-6-7-14-27)36(43-32,35(29)34)42-21-5-2/h4-5,16-17,22-23,25,27-28,33-35,38-39H,1-2,6-15,18-21,24H2,3H3/t25-,28+,33-,34+,35+,36+/m0/s1. The maximum absolute atomic E-state index is 9.73. The SMILES string of the molecule is C=CCOc1ccc2c(c1)[C@H]1[C@H](CCCCO)[C@@H](CCCCO)C=C3C(=NOC)C[C@H](SC4CCCC4)[C@@](OCC=C)(O2)[C@H]31. The van der Waals surface area contributed by atoms with Crippen LogP contribution in [0.25, 0.3) is 0 Å². The molecule has 7 nitrogen and oxygen atoms in total. The van der Waals surface area contributed by atoms with Crippen molar-refractivity contribution >= 4 is 17.5 Å². The summed E-state index contributed by atoms with van der Waals surface area (Å²) in [7, 11) is 1.63. The number of allylic oxidation sites excluding steroid dienone is 1. The van der Waals surface area contributed by atoms with Crippen molar-refractivity contribution in [1.82, 2.24) is 0 Å². The summed E-state index contributed by atoms with van der Waals surface area (Å²) in [5, 5.41) is 24.6. The molecule has 3 aliphatic carbocycles. The second kappa shape index (κ2) is 15.8. The smallest absolute Gasteiger partial charge is 0.230 e. The van der Waals surface area contributed by atoms with Gasteiger partial charge in [0.2, 0.25) is 5.79 Å². The Balaban J connectivity index is 1.70. The van der Waals surface area contributed by atoms with Crippen molar-refractivity contribution < 1.29 is 29.3 Å². The molecule has 242 valence electrons. The van der Waals surface area contributed by atoms with Crippen LogP contribution in [0.1, 0.15) is 82.1 Å². The summed E-state index contributed by atoms with van der Waals surface area (Å²) in [4.78, 5) is 5.51. The van der Waals surface area contributed by atoms with E-state index in [1.54, 1.807) is 13.2 Å². The largest absolute Gasteiger partial charge is 0.490 e. The van der Waals surface area contributed by atoms with Crippen molar-refractivity contribution in [3.8, 4) is 11.5 Å². The zero-order valence-corrected chi connectivity index (χ0v) is 27.1. The fraction of sp³-hybridized carbons (Fsp3) is 0.639. The highest BCUT2D eigenvalue weighted by Crippen LogP contribution is 2.63. The van der Waals surface area contributed by atoms with Crippen LogP contribution in [-0.4, -0.2) is 65.7 Å². The van der Waals surface area contributed by atoms with Crippen molar-refractivity contribution in [3.63, 3.8) is 0 Å². The fourth-order valence-electron chi connectivity index (χ4n) is 8.06. The molecule has 0 saturated heterocycles. The number of nitrogens with zero attached hydrogens (tertiary/aromatic N) is 1. The van der Waals surface area contributed by atoms with Crippen LogP contribution in [0.4, 0.5) is 0 Å². The van der Waals surface area contributed by atoms with Crippen molar-refractivity contribution in [2.75, 3.05) is 33.5 Å². The first kappa shape index (κ1) is 33.1. The van der Waals surface area contributed by atoms with Gasteiger partial charge in [0.05, 0.1) is 23.5 Å². The Bertz CT molecular complexity index is 1180. The molecule has 1 aromatic carbocycles. The van der Waals surface area contributed by atoms with E-state index in [1.807, 2.05) is 23.9 Å². The van der Waals surface area contributed by atoms with E-state index < -0.39 is 5.79 Å². The summed E-state index contributed by atoms with van der Waals surface area (Å²) >= 11 is 2.02. The Labute approximate surface area is 267 Å². The van der Waals surface area contributed by atoms with Gasteiger partial charge in [-0.15, -0.1) is 18.3 Å². The number of aliphatic hydroxyl groups excluding tert-OH is 2. The van der Waals surface area contributed by atoms with Crippen LogP contribution in [-0.2, 0) is 9.57 Å². The second-order valence-electron chi connectivity index (χ2n) is 12.6. The molecule has 2 fully saturated rings. The molecule has 2 N–H and O–H groups in total. The monoisotopic (exact) mass is 625 g/mol. The summed E-state index contributed by atoms with van der Waals surface area (Å²) < 4.78 is 20.2. The average molecular weight is 626 g/mol. The first-order valence-corrected chi connectivity index (χ1v) is 17.5. The summed E-state index contributed by atoms with van der Waals surface area (Å²) in [5.41, 5.74) is 3.30. The highest BCUT2D eigenvalue weighted by Gasteiger charge is 2.64. The molecule has 0 bridgehead atoms. The van der Waals surface area contributed by atoms with E-state index in [-0.39, 0.29) is 42.1 Å². The molecule has 1 aliphatic heterocycles. The lowest BCUT2D eigenvalue weighted by Gasteiger charge is -2.58. The number of oxime groups is 1. The van der Waals surface area contributed by atoms with E-state index in [9.17, 15) is 10.2 Å². The maximum Gasteiger partial charge on any atom is 0.230 e. The third kappa shape index (κ3) is 6.93. The van der Waals surface area contributed by atoms with Crippen molar-refractivity contribution in [2.24, 2.45) is 22.9 Å². The third-order valence-corrected chi connectivity index (χ3v) is 11.5. The van der Waals surface area contributed by atoms with Crippen molar-refractivity contribution in [1.29, 1.82) is 0 Å². The summed E-state index contributed by atoms with van der Waals surface area (Å²) in [6, 6.07) is 6.21. The Kier molecular flexibility index (Phi) is 11.9. The Morgan fingerprint density at radius 2 is 1.80 bits per heavy atom. The summed E-state index contributed by atoms with van der Waals surface area (Å²) in [6.07, 6.45) is 17.1. The minimum atomic E-state index is -0.896. The Morgan fingerprint density at radius 3 is 2.50 bits per heavy atom. The van der Waals surface area contributed by atoms with Crippen LogP contribution in [0.2, 0.25) is 0 Å². The average Bonchev–Trinajstić information content (AvgIpc) is 3.55. The molecular formula is C36H51NO6S. The van der Waals surface area contributed by atoms with Gasteiger partial charge in [0.25, 0.3) is 0 Å². The number of ether oxygens (including phenoxy) is 3.